The van der Waals surface area contributed by atoms with Crippen LogP contribution in [0.4, 0.5) is 17.5 Å². The molecular weight excluding hydrogens is 474 g/mol. The highest BCUT2D eigenvalue weighted by atomic mass is 35.5. The van der Waals surface area contributed by atoms with Crippen molar-refractivity contribution >= 4 is 52.6 Å². The molecule has 10 heteroatoms. The van der Waals surface area contributed by atoms with Gasteiger partial charge in [0.1, 0.15) is 16.7 Å². The third kappa shape index (κ3) is 4.12. The first-order valence-corrected chi connectivity index (χ1v) is 13.2. The van der Waals surface area contributed by atoms with Crippen LogP contribution in [-0.2, 0) is 6.42 Å². The minimum absolute atomic E-state index is 0.0780. The van der Waals surface area contributed by atoms with Crippen molar-refractivity contribution in [3.05, 3.63) is 52.8 Å². The lowest BCUT2D eigenvalue weighted by molar-refractivity contribution is 0.187. The summed E-state index contributed by atoms with van der Waals surface area (Å²) in [6.07, 6.45) is 8.57. The Bertz CT molecular complexity index is 1200. The molecule has 2 aromatic heterocycles. The van der Waals surface area contributed by atoms with Gasteiger partial charge in [0, 0.05) is 35.1 Å². The highest BCUT2D eigenvalue weighted by Crippen LogP contribution is 2.51. The van der Waals surface area contributed by atoms with Crippen molar-refractivity contribution in [3.8, 4) is 0 Å². The number of anilines is 3. The van der Waals surface area contributed by atoms with Gasteiger partial charge in [0.05, 0.1) is 11.2 Å². The number of piperidine rings is 1. The molecule has 2 aliphatic rings. The van der Waals surface area contributed by atoms with Crippen LogP contribution >= 0.6 is 35.1 Å². The maximum Gasteiger partial charge on any atom is 0.158 e. The van der Waals surface area contributed by atoms with E-state index >= 15 is 0 Å². The van der Waals surface area contributed by atoms with E-state index in [0.717, 1.165) is 43.1 Å². The minimum atomic E-state index is 0.0780. The second-order valence-electron chi connectivity index (χ2n) is 8.60. The third-order valence-corrected chi connectivity index (χ3v) is 9.11. The fourth-order valence-electron chi connectivity index (χ4n) is 4.88. The number of hydrogen-bond donors (Lipinski definition) is 3. The Morgan fingerprint density at radius 2 is 1.91 bits per heavy atom. The van der Waals surface area contributed by atoms with Gasteiger partial charge >= 0.3 is 0 Å². The van der Waals surface area contributed by atoms with Crippen LogP contribution in [0.2, 0.25) is 5.02 Å². The standard InChI is InChI=1S/C23H26ClN7S2/c1-32-14-3-2-13-11-23(19(25)15(13)10-14)5-8-31(9-6-23)17-12-29-22(21(27)30-17)33-16-4-7-28-20(26)18(16)24/h2-4,7,10,12,19H,5-6,8-9,11,25H2,1H3,(H2,26,28)(H2,27,30)/t19-/m1/s1. The molecule has 172 valence electrons. The highest BCUT2D eigenvalue weighted by Gasteiger charge is 2.46. The summed E-state index contributed by atoms with van der Waals surface area (Å²) < 4.78 is 0. The number of benzene rings is 1. The van der Waals surface area contributed by atoms with Gasteiger partial charge in [-0.15, -0.1) is 11.8 Å². The van der Waals surface area contributed by atoms with Crippen LogP contribution in [0.5, 0.6) is 0 Å². The van der Waals surface area contributed by atoms with E-state index in [1.54, 1.807) is 30.2 Å². The van der Waals surface area contributed by atoms with Gasteiger partial charge in [0.25, 0.3) is 0 Å². The van der Waals surface area contributed by atoms with Gasteiger partial charge in [-0.05, 0) is 60.3 Å². The second-order valence-corrected chi connectivity index (χ2v) is 10.9. The molecule has 33 heavy (non-hydrogen) atoms. The molecule has 1 spiro atoms. The van der Waals surface area contributed by atoms with Gasteiger partial charge < -0.3 is 22.1 Å². The summed E-state index contributed by atoms with van der Waals surface area (Å²) in [5.74, 6) is 1.45. The Morgan fingerprint density at radius 1 is 1.12 bits per heavy atom. The lowest BCUT2D eigenvalue weighted by Crippen LogP contribution is -2.44. The van der Waals surface area contributed by atoms with Gasteiger partial charge in [0.2, 0.25) is 0 Å². The van der Waals surface area contributed by atoms with Crippen molar-refractivity contribution in [2.45, 2.75) is 40.1 Å². The first-order chi connectivity index (χ1) is 15.9. The smallest absolute Gasteiger partial charge is 0.158 e. The Balaban J connectivity index is 1.29. The van der Waals surface area contributed by atoms with Crippen LogP contribution in [-0.4, -0.2) is 34.3 Å². The monoisotopic (exact) mass is 499 g/mol. The molecule has 1 aliphatic heterocycles. The van der Waals surface area contributed by atoms with E-state index in [9.17, 15) is 0 Å². The number of halogens is 1. The van der Waals surface area contributed by atoms with Crippen LogP contribution < -0.4 is 22.1 Å². The Hall–Kier alpha value is -2.20. The van der Waals surface area contributed by atoms with Crippen LogP contribution in [0, 0.1) is 5.41 Å². The Kier molecular flexibility index (Phi) is 6.07. The molecule has 5 rings (SSSR count). The maximum absolute atomic E-state index is 6.80. The summed E-state index contributed by atoms with van der Waals surface area (Å²) in [6, 6.07) is 8.60. The lowest BCUT2D eigenvalue weighted by Gasteiger charge is -2.42. The predicted molar refractivity (Wildman–Crippen MR) is 137 cm³/mol. The molecule has 3 aromatic rings. The van der Waals surface area contributed by atoms with E-state index in [0.29, 0.717) is 15.9 Å². The number of pyridine rings is 1. The molecule has 0 radical (unpaired) electrons. The summed E-state index contributed by atoms with van der Waals surface area (Å²) in [7, 11) is 0. The molecule has 1 aromatic carbocycles. The van der Waals surface area contributed by atoms with Gasteiger partial charge in [-0.1, -0.05) is 29.4 Å². The topological polar surface area (TPSA) is 120 Å². The Labute approximate surface area is 206 Å². The number of aromatic nitrogens is 3. The van der Waals surface area contributed by atoms with E-state index in [2.05, 4.69) is 44.3 Å². The number of nitrogens with two attached hydrogens (primary N) is 3. The van der Waals surface area contributed by atoms with Crippen molar-refractivity contribution in [1.29, 1.82) is 0 Å². The van der Waals surface area contributed by atoms with Crippen molar-refractivity contribution in [2.75, 3.05) is 35.7 Å². The van der Waals surface area contributed by atoms with Crippen molar-refractivity contribution in [1.82, 2.24) is 15.0 Å². The molecule has 3 heterocycles. The number of nitrogen functional groups attached to an aromatic ring is 2. The Morgan fingerprint density at radius 3 is 2.64 bits per heavy atom. The molecule has 0 unspecified atom stereocenters. The lowest BCUT2D eigenvalue weighted by atomic mass is 9.73. The quantitative estimate of drug-likeness (QED) is 0.448. The number of nitrogens with zero attached hydrogens (tertiary/aromatic N) is 4. The fraction of sp³-hybridized carbons (Fsp3) is 0.348. The zero-order valence-electron chi connectivity index (χ0n) is 18.3. The van der Waals surface area contributed by atoms with E-state index in [4.69, 9.17) is 28.8 Å². The average molecular weight is 500 g/mol. The molecular formula is C23H26ClN7S2. The first kappa shape index (κ1) is 22.6. The molecule has 0 bridgehead atoms. The number of thioether (sulfide) groups is 1. The molecule has 1 fully saturated rings. The fourth-order valence-corrected chi connectivity index (χ4v) is 6.34. The predicted octanol–water partition coefficient (Wildman–Crippen LogP) is 4.41. The van der Waals surface area contributed by atoms with E-state index in [1.165, 1.54) is 27.8 Å². The normalized spacial score (nSPS) is 19.1. The summed E-state index contributed by atoms with van der Waals surface area (Å²) in [5.41, 5.74) is 21.7. The zero-order chi connectivity index (χ0) is 23.2. The molecule has 0 saturated carbocycles. The summed E-state index contributed by atoms with van der Waals surface area (Å²) in [6.45, 7) is 1.76. The second kappa shape index (κ2) is 8.87. The zero-order valence-corrected chi connectivity index (χ0v) is 20.7. The van der Waals surface area contributed by atoms with E-state index in [1.807, 2.05) is 0 Å². The molecule has 1 aliphatic carbocycles. The first-order valence-electron chi connectivity index (χ1n) is 10.8. The van der Waals surface area contributed by atoms with E-state index in [-0.39, 0.29) is 17.3 Å². The molecule has 7 nitrogen and oxygen atoms in total. The van der Waals surface area contributed by atoms with Crippen molar-refractivity contribution in [3.63, 3.8) is 0 Å². The molecule has 1 atom stereocenters. The summed E-state index contributed by atoms with van der Waals surface area (Å²) in [4.78, 5) is 17.5. The van der Waals surface area contributed by atoms with Crippen LogP contribution in [0.1, 0.15) is 30.0 Å². The molecule has 1 saturated heterocycles. The van der Waals surface area contributed by atoms with Crippen molar-refractivity contribution in [2.24, 2.45) is 11.1 Å². The van der Waals surface area contributed by atoms with Crippen LogP contribution in [0.25, 0.3) is 0 Å². The van der Waals surface area contributed by atoms with Crippen molar-refractivity contribution < 1.29 is 0 Å². The minimum Gasteiger partial charge on any atom is -0.382 e. The highest BCUT2D eigenvalue weighted by molar-refractivity contribution is 7.99. The third-order valence-electron chi connectivity index (χ3n) is 6.81. The number of fused-ring (bicyclic) bond motifs is 1. The SMILES string of the molecule is CSc1ccc2c(c1)[C@@H](N)C1(CCN(c3cnc(Sc4ccnc(N)c4Cl)c(N)n3)CC1)C2. The van der Waals surface area contributed by atoms with Gasteiger partial charge in [-0.25, -0.2) is 15.0 Å². The van der Waals surface area contributed by atoms with Crippen LogP contribution in [0.3, 0.4) is 0 Å². The van der Waals surface area contributed by atoms with Gasteiger partial charge in [-0.2, -0.15) is 0 Å². The summed E-state index contributed by atoms with van der Waals surface area (Å²) in [5, 5.41) is 0.991. The molecule has 6 N–H and O–H groups in total. The number of hydrogen-bond acceptors (Lipinski definition) is 9. The summed E-state index contributed by atoms with van der Waals surface area (Å²) >= 11 is 9.35. The maximum atomic E-state index is 6.80. The van der Waals surface area contributed by atoms with E-state index < -0.39 is 0 Å². The largest absolute Gasteiger partial charge is 0.382 e. The average Bonchev–Trinajstić information content (AvgIpc) is 3.09. The number of rotatable bonds is 4. The van der Waals surface area contributed by atoms with Gasteiger partial charge in [0.15, 0.2) is 5.82 Å². The van der Waals surface area contributed by atoms with Crippen LogP contribution in [0.15, 0.2) is 51.5 Å². The molecule has 0 amide bonds. The van der Waals surface area contributed by atoms with Gasteiger partial charge in [-0.3, -0.25) is 0 Å².